The van der Waals surface area contributed by atoms with E-state index < -0.39 is 22.1 Å². The minimum absolute atomic E-state index is 0.312. The molecule has 0 rings (SSSR count). The summed E-state index contributed by atoms with van der Waals surface area (Å²) in [6, 6.07) is -0.466. The standard InChI is InChI=1S/C6H14N2O2.C2H6O3S/c7-4-2-1-3-5(8)6(9)10;1-2-6(3,4)5/h5H,1-4,7-8H2,(H,9,10);2H2,1H3,(H,3,4,5)/t5-;/m0./s1. The summed E-state index contributed by atoms with van der Waals surface area (Å²) >= 11 is 0. The number of carboxylic acids is 1. The van der Waals surface area contributed by atoms with Gasteiger partial charge in [0.2, 0.25) is 0 Å². The Bertz CT molecular complexity index is 278. The number of hydrogen-bond acceptors (Lipinski definition) is 5. The van der Waals surface area contributed by atoms with Crippen molar-refractivity contribution in [1.29, 1.82) is 0 Å². The zero-order valence-corrected chi connectivity index (χ0v) is 10.2. The number of hydrogen-bond donors (Lipinski definition) is 3. The molecule has 6 N–H and O–H groups in total. The van der Waals surface area contributed by atoms with E-state index in [9.17, 15) is 17.8 Å². The molecule has 8 heteroatoms. The maximum atomic E-state index is 10.2. The van der Waals surface area contributed by atoms with E-state index in [0.717, 1.165) is 12.8 Å². The molecule has 0 bridgehead atoms. The lowest BCUT2D eigenvalue weighted by Gasteiger charge is -2.00. The molecular weight excluding hydrogens is 236 g/mol. The maximum Gasteiger partial charge on any atom is 0.362 e. The molecule has 1 atom stereocenters. The Kier molecular flexibility index (Phi) is 10.5. The van der Waals surface area contributed by atoms with Gasteiger partial charge in [-0.3, -0.25) is 0 Å². The van der Waals surface area contributed by atoms with E-state index in [1.54, 1.807) is 0 Å². The van der Waals surface area contributed by atoms with Gasteiger partial charge in [-0.2, -0.15) is 0 Å². The molecule has 0 aromatic heterocycles. The molecular formula is C8H20N2O5S. The van der Waals surface area contributed by atoms with Crippen LogP contribution in [0.1, 0.15) is 26.2 Å². The average Bonchev–Trinajstić information content (AvgIpc) is 2.17. The molecule has 0 aliphatic rings. The van der Waals surface area contributed by atoms with Crippen molar-refractivity contribution in [2.75, 3.05) is 12.3 Å². The monoisotopic (exact) mass is 256 g/mol. The van der Waals surface area contributed by atoms with E-state index >= 15 is 0 Å². The van der Waals surface area contributed by atoms with E-state index in [4.69, 9.17) is 10.8 Å². The maximum absolute atomic E-state index is 10.2. The molecule has 0 heterocycles. The van der Waals surface area contributed by atoms with Gasteiger partial charge in [-0.1, -0.05) is 6.92 Å². The van der Waals surface area contributed by atoms with Gasteiger partial charge in [-0.15, -0.1) is 0 Å². The molecule has 0 saturated heterocycles. The van der Waals surface area contributed by atoms with Gasteiger partial charge >= 0.3 is 5.97 Å². The van der Waals surface area contributed by atoms with Crippen LogP contribution in [0, 0.1) is 0 Å². The fourth-order valence-electron chi connectivity index (χ4n) is 0.659. The first-order valence-corrected chi connectivity index (χ1v) is 6.51. The van der Waals surface area contributed by atoms with Gasteiger partial charge in [0.05, 0.1) is 10.1 Å². The average molecular weight is 256 g/mol. The molecule has 0 spiro atoms. The Morgan fingerprint density at radius 2 is 1.94 bits per heavy atom. The largest absolute Gasteiger partial charge is 0.748 e. The van der Waals surface area contributed by atoms with E-state index in [-0.39, 0.29) is 5.75 Å². The van der Waals surface area contributed by atoms with Crippen LogP contribution in [0.5, 0.6) is 0 Å². The van der Waals surface area contributed by atoms with Crippen LogP contribution in [0.4, 0.5) is 0 Å². The zero-order valence-electron chi connectivity index (χ0n) is 9.39. The van der Waals surface area contributed by atoms with Crippen LogP contribution in [0.2, 0.25) is 0 Å². The van der Waals surface area contributed by atoms with Crippen molar-refractivity contribution < 1.29 is 28.6 Å². The van der Waals surface area contributed by atoms with Crippen LogP contribution in [0.25, 0.3) is 0 Å². The van der Waals surface area contributed by atoms with Gasteiger partial charge in [0.1, 0.15) is 0 Å². The highest BCUT2D eigenvalue weighted by Crippen LogP contribution is 1.95. The first-order valence-electron chi connectivity index (χ1n) is 4.94. The summed E-state index contributed by atoms with van der Waals surface area (Å²) in [6.07, 6.45) is 2.38. The highest BCUT2D eigenvalue weighted by atomic mass is 32.2. The SMILES string of the molecule is CCS(=O)(=O)[O-].NCCCC[C@H]([NH3+])C(=O)O. The number of carbonyl (C=O) groups is 1. The highest BCUT2D eigenvalue weighted by Gasteiger charge is 2.13. The number of quaternary nitrogens is 1. The third-order valence-corrected chi connectivity index (χ3v) is 2.42. The summed E-state index contributed by atoms with van der Waals surface area (Å²) in [4.78, 5) is 10.2. The summed E-state index contributed by atoms with van der Waals surface area (Å²) in [6.45, 7) is 1.94. The van der Waals surface area contributed by atoms with Crippen molar-refractivity contribution in [1.82, 2.24) is 0 Å². The first-order chi connectivity index (χ1) is 7.24. The van der Waals surface area contributed by atoms with Crippen molar-refractivity contribution in [3.05, 3.63) is 0 Å². The number of aliphatic carboxylic acids is 1. The van der Waals surface area contributed by atoms with Gasteiger partial charge in [0.25, 0.3) is 0 Å². The van der Waals surface area contributed by atoms with Crippen molar-refractivity contribution in [3.63, 3.8) is 0 Å². The molecule has 0 fully saturated rings. The third-order valence-electron chi connectivity index (χ3n) is 1.71. The van der Waals surface area contributed by atoms with Crippen molar-refractivity contribution in [2.24, 2.45) is 5.73 Å². The fraction of sp³-hybridized carbons (Fsp3) is 0.875. The van der Waals surface area contributed by atoms with Crippen molar-refractivity contribution in [2.45, 2.75) is 32.2 Å². The number of unbranched alkanes of at least 4 members (excludes halogenated alkanes) is 1. The second-order valence-corrected chi connectivity index (χ2v) is 4.86. The molecule has 0 aliphatic carbocycles. The van der Waals surface area contributed by atoms with Gasteiger partial charge in [-0.05, 0) is 19.4 Å². The second kappa shape index (κ2) is 9.52. The van der Waals surface area contributed by atoms with Crippen LogP contribution >= 0.6 is 0 Å². The molecule has 0 aliphatic heterocycles. The quantitative estimate of drug-likeness (QED) is 0.383. The van der Waals surface area contributed by atoms with E-state index in [1.165, 1.54) is 6.92 Å². The smallest absolute Gasteiger partial charge is 0.362 e. The van der Waals surface area contributed by atoms with Crippen LogP contribution in [0.15, 0.2) is 0 Å². The van der Waals surface area contributed by atoms with Gasteiger partial charge < -0.3 is 21.1 Å². The zero-order chi connectivity index (χ0) is 13.2. The fourth-order valence-corrected chi connectivity index (χ4v) is 0.659. The Balaban J connectivity index is 0. The van der Waals surface area contributed by atoms with Crippen molar-refractivity contribution >= 4 is 16.1 Å². The number of carboxylic acid groups (broad SMARTS) is 1. The molecule has 0 unspecified atom stereocenters. The minimum atomic E-state index is -3.91. The molecule has 0 aromatic carbocycles. The highest BCUT2D eigenvalue weighted by molar-refractivity contribution is 7.85. The summed E-state index contributed by atoms with van der Waals surface area (Å²) in [5.41, 5.74) is 8.69. The van der Waals surface area contributed by atoms with Gasteiger partial charge in [-0.25, -0.2) is 13.2 Å². The predicted molar refractivity (Wildman–Crippen MR) is 57.5 cm³/mol. The molecule has 0 amide bonds. The molecule has 0 radical (unpaired) electrons. The molecule has 7 nitrogen and oxygen atoms in total. The third kappa shape index (κ3) is 15.8. The summed E-state index contributed by atoms with van der Waals surface area (Å²) in [5, 5.41) is 8.39. The van der Waals surface area contributed by atoms with E-state index in [1.807, 2.05) is 0 Å². The lowest BCUT2D eigenvalue weighted by molar-refractivity contribution is -0.409. The van der Waals surface area contributed by atoms with Crippen LogP contribution in [-0.4, -0.2) is 42.4 Å². The van der Waals surface area contributed by atoms with Crippen LogP contribution in [-0.2, 0) is 14.9 Å². The molecule has 0 saturated carbocycles. The molecule has 0 aromatic rings. The van der Waals surface area contributed by atoms with Crippen LogP contribution in [0.3, 0.4) is 0 Å². The molecule has 16 heavy (non-hydrogen) atoms. The first kappa shape index (κ1) is 17.7. The number of nitrogens with two attached hydrogens (primary N) is 1. The summed E-state index contributed by atoms with van der Waals surface area (Å²) in [5.74, 6) is -1.13. The van der Waals surface area contributed by atoms with Crippen LogP contribution < -0.4 is 11.5 Å². The predicted octanol–water partition coefficient (Wildman–Crippen LogP) is -1.64. The summed E-state index contributed by atoms with van der Waals surface area (Å²) in [7, 11) is -3.91. The second-order valence-electron chi connectivity index (χ2n) is 3.17. The Labute approximate surface area is 95.6 Å². The summed E-state index contributed by atoms with van der Waals surface area (Å²) < 4.78 is 28.3. The van der Waals surface area contributed by atoms with Crippen molar-refractivity contribution in [3.8, 4) is 0 Å². The number of rotatable bonds is 6. The van der Waals surface area contributed by atoms with E-state index in [0.29, 0.717) is 13.0 Å². The van der Waals surface area contributed by atoms with Gasteiger partial charge in [0.15, 0.2) is 6.04 Å². The Hall–Kier alpha value is -0.700. The normalized spacial score (nSPS) is 12.5. The minimum Gasteiger partial charge on any atom is -0.748 e. The lowest BCUT2D eigenvalue weighted by atomic mass is 10.1. The molecule has 98 valence electrons. The Morgan fingerprint density at radius 1 is 1.50 bits per heavy atom. The topological polar surface area (TPSA) is 148 Å². The van der Waals surface area contributed by atoms with Gasteiger partial charge in [0, 0.05) is 12.2 Å². The Morgan fingerprint density at radius 3 is 2.19 bits per heavy atom. The van der Waals surface area contributed by atoms with E-state index in [2.05, 4.69) is 5.73 Å². The lowest BCUT2D eigenvalue weighted by Crippen LogP contribution is -2.64.